The Morgan fingerprint density at radius 2 is 1.84 bits per heavy atom. The van der Waals surface area contributed by atoms with Gasteiger partial charge in [-0.3, -0.25) is 4.79 Å². The van der Waals surface area contributed by atoms with Gasteiger partial charge in [0, 0.05) is 18.5 Å². The minimum Gasteiger partial charge on any atom is -0.370 e. The lowest BCUT2D eigenvalue weighted by molar-refractivity contribution is 0.103. The number of halogens is 2. The molecule has 1 amide bonds. The van der Waals surface area contributed by atoms with Gasteiger partial charge in [0.05, 0.1) is 21.9 Å². The van der Waals surface area contributed by atoms with Crippen molar-refractivity contribution in [3.63, 3.8) is 0 Å². The van der Waals surface area contributed by atoms with Crippen molar-refractivity contribution in [3.8, 4) is 5.69 Å². The number of nitrogens with one attached hydrogen (secondary N) is 1. The Morgan fingerprint density at radius 1 is 1.10 bits per heavy atom. The highest BCUT2D eigenvalue weighted by atomic mass is 32.1. The molecule has 5 rings (SSSR count). The van der Waals surface area contributed by atoms with E-state index in [9.17, 15) is 13.6 Å². The molecule has 0 saturated carbocycles. The van der Waals surface area contributed by atoms with Crippen molar-refractivity contribution in [2.24, 2.45) is 0 Å². The van der Waals surface area contributed by atoms with Crippen LogP contribution in [0.15, 0.2) is 48.5 Å². The summed E-state index contributed by atoms with van der Waals surface area (Å²) in [5.41, 5.74) is 2.39. The Kier molecular flexibility index (Phi) is 4.94. The highest BCUT2D eigenvalue weighted by Crippen LogP contribution is 2.34. The van der Waals surface area contributed by atoms with Crippen LogP contribution in [0.1, 0.15) is 28.2 Å². The van der Waals surface area contributed by atoms with Crippen LogP contribution in [0.2, 0.25) is 0 Å². The van der Waals surface area contributed by atoms with Crippen molar-refractivity contribution in [1.29, 1.82) is 0 Å². The SMILES string of the molecule is Cc1nn(-c2ccc(F)cc2)c2sc(C(=O)Nc3c(F)cccc3N3CCCC3)cc12. The summed E-state index contributed by atoms with van der Waals surface area (Å²) in [6, 6.07) is 12.7. The number of hydrogen-bond acceptors (Lipinski definition) is 4. The average molecular weight is 439 g/mol. The van der Waals surface area contributed by atoms with E-state index in [0.717, 1.165) is 41.8 Å². The number of carbonyl (C=O) groups is 1. The van der Waals surface area contributed by atoms with E-state index < -0.39 is 5.82 Å². The first kappa shape index (κ1) is 19.7. The predicted molar refractivity (Wildman–Crippen MR) is 119 cm³/mol. The molecule has 8 heteroatoms. The fourth-order valence-corrected chi connectivity index (χ4v) is 5.03. The van der Waals surface area contributed by atoms with Crippen LogP contribution in [0.3, 0.4) is 0 Å². The van der Waals surface area contributed by atoms with Crippen molar-refractivity contribution in [3.05, 3.63) is 70.7 Å². The summed E-state index contributed by atoms with van der Waals surface area (Å²) in [5.74, 6) is -1.14. The second kappa shape index (κ2) is 7.77. The zero-order valence-corrected chi connectivity index (χ0v) is 17.7. The van der Waals surface area contributed by atoms with Gasteiger partial charge in [0.25, 0.3) is 5.91 Å². The Bertz CT molecular complexity index is 1270. The quantitative estimate of drug-likeness (QED) is 0.456. The molecule has 0 spiro atoms. The molecular weight excluding hydrogens is 418 g/mol. The molecular formula is C23H20F2N4OS. The van der Waals surface area contributed by atoms with E-state index >= 15 is 0 Å². The number of aryl methyl sites for hydroxylation is 1. The van der Waals surface area contributed by atoms with Gasteiger partial charge in [-0.05, 0) is 62.2 Å². The minimum absolute atomic E-state index is 0.212. The number of nitrogens with zero attached hydrogens (tertiary/aromatic N) is 3. The summed E-state index contributed by atoms with van der Waals surface area (Å²) < 4.78 is 29.6. The second-order valence-corrected chi connectivity index (χ2v) is 8.62. The average Bonchev–Trinajstić information content (AvgIpc) is 3.49. The Hall–Kier alpha value is -3.26. The second-order valence-electron chi connectivity index (χ2n) is 7.59. The number of hydrogen-bond donors (Lipinski definition) is 1. The molecule has 2 aromatic heterocycles. The fraction of sp³-hybridized carbons (Fsp3) is 0.217. The van der Waals surface area contributed by atoms with Gasteiger partial charge >= 0.3 is 0 Å². The summed E-state index contributed by atoms with van der Waals surface area (Å²) in [7, 11) is 0. The van der Waals surface area contributed by atoms with Gasteiger partial charge in [0.1, 0.15) is 22.2 Å². The summed E-state index contributed by atoms with van der Waals surface area (Å²) in [5, 5.41) is 8.15. The highest BCUT2D eigenvalue weighted by molar-refractivity contribution is 7.20. The van der Waals surface area contributed by atoms with Crippen LogP contribution in [0.5, 0.6) is 0 Å². The van der Waals surface area contributed by atoms with E-state index in [2.05, 4.69) is 15.3 Å². The smallest absolute Gasteiger partial charge is 0.265 e. The van der Waals surface area contributed by atoms with Crippen LogP contribution in [-0.2, 0) is 0 Å². The molecule has 1 aliphatic heterocycles. The Labute approximate surface area is 181 Å². The Morgan fingerprint density at radius 3 is 2.58 bits per heavy atom. The molecule has 0 unspecified atom stereocenters. The summed E-state index contributed by atoms with van der Waals surface area (Å²) in [6.45, 7) is 3.56. The third-order valence-corrected chi connectivity index (χ3v) is 6.63. The van der Waals surface area contributed by atoms with E-state index in [1.54, 1.807) is 28.9 Å². The number of aromatic nitrogens is 2. The molecule has 1 fully saturated rings. The zero-order valence-electron chi connectivity index (χ0n) is 16.9. The maximum atomic E-state index is 14.6. The van der Waals surface area contributed by atoms with Gasteiger partial charge in [0.2, 0.25) is 0 Å². The van der Waals surface area contributed by atoms with Gasteiger partial charge in [-0.25, -0.2) is 13.5 Å². The molecule has 158 valence electrons. The Balaban J connectivity index is 1.49. The van der Waals surface area contributed by atoms with Crippen LogP contribution in [0, 0.1) is 18.6 Å². The highest BCUT2D eigenvalue weighted by Gasteiger charge is 2.22. The maximum Gasteiger partial charge on any atom is 0.265 e. The molecule has 2 aromatic carbocycles. The number of rotatable bonds is 4. The summed E-state index contributed by atoms with van der Waals surface area (Å²) in [6.07, 6.45) is 2.11. The van der Waals surface area contributed by atoms with Crippen molar-refractivity contribution in [2.45, 2.75) is 19.8 Å². The molecule has 3 heterocycles. The van der Waals surface area contributed by atoms with E-state index in [1.165, 1.54) is 29.5 Å². The number of carbonyl (C=O) groups excluding carboxylic acids is 1. The molecule has 0 aliphatic carbocycles. The lowest BCUT2D eigenvalue weighted by Gasteiger charge is -2.21. The molecule has 1 aliphatic rings. The standard InChI is InChI=1S/C23H20F2N4OS/c1-14-17-13-20(31-23(17)29(27-14)16-9-7-15(24)8-10-16)22(30)26-21-18(25)5-4-6-19(21)28-11-2-3-12-28/h4-10,13H,2-3,11-12H2,1H3,(H,26,30). The molecule has 1 saturated heterocycles. The van der Waals surface area contributed by atoms with Gasteiger partial charge < -0.3 is 10.2 Å². The van der Waals surface area contributed by atoms with Gasteiger partial charge in [-0.15, -0.1) is 11.3 Å². The third-order valence-electron chi connectivity index (χ3n) is 5.52. The van der Waals surface area contributed by atoms with Crippen LogP contribution >= 0.6 is 11.3 Å². The van der Waals surface area contributed by atoms with Crippen LogP contribution in [0.25, 0.3) is 15.9 Å². The van der Waals surface area contributed by atoms with Crippen molar-refractivity contribution >= 4 is 38.8 Å². The van der Waals surface area contributed by atoms with Crippen LogP contribution in [-0.4, -0.2) is 28.8 Å². The minimum atomic E-state index is -0.451. The van der Waals surface area contributed by atoms with Crippen molar-refractivity contribution < 1.29 is 13.6 Å². The first-order chi connectivity index (χ1) is 15.0. The third kappa shape index (κ3) is 3.57. The molecule has 0 radical (unpaired) electrons. The molecule has 0 bridgehead atoms. The monoisotopic (exact) mass is 438 g/mol. The van der Waals surface area contributed by atoms with E-state index in [4.69, 9.17) is 0 Å². The van der Waals surface area contributed by atoms with E-state index in [1.807, 2.05) is 13.0 Å². The lowest BCUT2D eigenvalue weighted by atomic mass is 10.2. The number of amides is 1. The van der Waals surface area contributed by atoms with E-state index in [0.29, 0.717) is 16.3 Å². The fourth-order valence-electron chi connectivity index (χ4n) is 3.95. The first-order valence-electron chi connectivity index (χ1n) is 10.1. The first-order valence-corrected chi connectivity index (χ1v) is 10.9. The number of thiophene rings is 1. The summed E-state index contributed by atoms with van der Waals surface area (Å²) >= 11 is 1.27. The lowest BCUT2D eigenvalue weighted by Crippen LogP contribution is -2.21. The number of benzene rings is 2. The summed E-state index contributed by atoms with van der Waals surface area (Å²) in [4.78, 5) is 16.4. The molecule has 4 aromatic rings. The predicted octanol–water partition coefficient (Wildman–Crippen LogP) is 5.53. The molecule has 5 nitrogen and oxygen atoms in total. The molecule has 0 atom stereocenters. The van der Waals surface area contributed by atoms with E-state index in [-0.39, 0.29) is 17.4 Å². The van der Waals surface area contributed by atoms with Gasteiger partial charge in [0.15, 0.2) is 0 Å². The van der Waals surface area contributed by atoms with Crippen LogP contribution < -0.4 is 10.2 Å². The van der Waals surface area contributed by atoms with Crippen molar-refractivity contribution in [2.75, 3.05) is 23.3 Å². The topological polar surface area (TPSA) is 50.2 Å². The number of fused-ring (bicyclic) bond motifs is 1. The number of anilines is 2. The zero-order chi connectivity index (χ0) is 21.5. The largest absolute Gasteiger partial charge is 0.370 e. The van der Waals surface area contributed by atoms with Crippen molar-refractivity contribution in [1.82, 2.24) is 9.78 Å². The normalized spacial score (nSPS) is 13.8. The maximum absolute atomic E-state index is 14.6. The molecule has 31 heavy (non-hydrogen) atoms. The molecule has 1 N–H and O–H groups in total. The van der Waals surface area contributed by atoms with Gasteiger partial charge in [-0.2, -0.15) is 5.10 Å². The van der Waals surface area contributed by atoms with Crippen LogP contribution in [0.4, 0.5) is 20.2 Å². The number of para-hydroxylation sites is 1. The van der Waals surface area contributed by atoms with Gasteiger partial charge in [-0.1, -0.05) is 6.07 Å².